The third-order valence-electron chi connectivity index (χ3n) is 0.630. The van der Waals surface area contributed by atoms with Gasteiger partial charge in [-0.3, -0.25) is 0 Å². The molecular formula is C6H9I3O2. The lowest BCUT2D eigenvalue weighted by Gasteiger charge is -2.22. The number of esters is 1. The first-order valence-electron chi connectivity index (χ1n) is 2.93. The molecule has 0 radical (unpaired) electrons. The van der Waals surface area contributed by atoms with Gasteiger partial charge in [0.15, 0.2) is 0 Å². The lowest BCUT2D eigenvalue weighted by molar-refractivity contribution is -0.151. The van der Waals surface area contributed by atoms with Gasteiger partial charge in [0.25, 0.3) is 0 Å². The second-order valence-corrected chi connectivity index (χ2v) is 14.0. The van der Waals surface area contributed by atoms with Crippen LogP contribution in [-0.4, -0.2) is 11.0 Å². The van der Waals surface area contributed by atoms with Gasteiger partial charge in [0.2, 0.25) is -0.565 Å². The van der Waals surface area contributed by atoms with Gasteiger partial charge >= 0.3 is 5.97 Å². The first kappa shape index (κ1) is 12.7. The van der Waals surface area contributed by atoms with Gasteiger partial charge in [0.1, 0.15) is 5.60 Å². The van der Waals surface area contributed by atoms with Crippen molar-refractivity contribution in [2.75, 3.05) is 0 Å². The van der Waals surface area contributed by atoms with Crippen LogP contribution in [0.4, 0.5) is 0 Å². The molecule has 0 atom stereocenters. The molecule has 0 aromatic rings. The van der Waals surface area contributed by atoms with E-state index >= 15 is 0 Å². The van der Waals surface area contributed by atoms with E-state index in [-0.39, 0.29) is 11.6 Å². The molecular weight excluding hydrogens is 485 g/mol. The highest BCUT2D eigenvalue weighted by atomic mass is 127. The highest BCUT2D eigenvalue weighted by Gasteiger charge is 2.33. The molecule has 66 valence electrons. The fourth-order valence-corrected chi connectivity index (χ4v) is 0.666. The van der Waals surface area contributed by atoms with Crippen LogP contribution in [0.3, 0.4) is 0 Å². The number of halogens is 3. The molecule has 0 saturated heterocycles. The molecule has 0 aromatic carbocycles. The third kappa shape index (κ3) is 6.79. The van der Waals surface area contributed by atoms with E-state index in [2.05, 4.69) is 0 Å². The Bertz CT molecular complexity index is 154. The molecule has 0 aromatic heterocycles. The minimum Gasteiger partial charge on any atom is -0.458 e. The van der Waals surface area contributed by atoms with Crippen LogP contribution in [0.2, 0.25) is 0 Å². The monoisotopic (exact) mass is 494 g/mol. The molecule has 5 heteroatoms. The summed E-state index contributed by atoms with van der Waals surface area (Å²) >= 11 is 6.12. The highest BCUT2D eigenvalue weighted by molar-refractivity contribution is 14.3. The highest BCUT2D eigenvalue weighted by Crippen LogP contribution is 2.37. The van der Waals surface area contributed by atoms with Gasteiger partial charge in [-0.25, -0.2) is 4.79 Å². The summed E-state index contributed by atoms with van der Waals surface area (Å²) in [6, 6.07) is 0. The van der Waals surface area contributed by atoms with E-state index in [1.165, 1.54) is 0 Å². The van der Waals surface area contributed by atoms with Crippen LogP contribution >= 0.6 is 67.8 Å². The van der Waals surface area contributed by atoms with Crippen molar-refractivity contribution >= 4 is 73.7 Å². The average Bonchev–Trinajstić information content (AvgIpc) is 1.56. The summed E-state index contributed by atoms with van der Waals surface area (Å²) in [5.74, 6) is -0.188. The lowest BCUT2D eigenvalue weighted by Crippen LogP contribution is -2.30. The van der Waals surface area contributed by atoms with Gasteiger partial charge in [-0.15, -0.1) is 0 Å². The number of hydrogen-bond donors (Lipinski definition) is 0. The van der Waals surface area contributed by atoms with E-state index in [0.717, 1.165) is 0 Å². The Hall–Kier alpha value is 1.66. The molecule has 0 fully saturated rings. The Labute approximate surface area is 108 Å². The number of carbonyl (C=O) groups excluding carboxylic acids is 1. The van der Waals surface area contributed by atoms with Crippen molar-refractivity contribution in [3.63, 3.8) is 0 Å². The summed E-state index contributed by atoms with van der Waals surface area (Å²) in [6.45, 7) is 5.59. The molecule has 0 bridgehead atoms. The van der Waals surface area contributed by atoms with Crippen LogP contribution in [0.15, 0.2) is 0 Å². The van der Waals surface area contributed by atoms with Gasteiger partial charge in [0.05, 0.1) is 0 Å². The Kier molecular flexibility index (Phi) is 4.89. The number of hydrogen-bond acceptors (Lipinski definition) is 2. The van der Waals surface area contributed by atoms with Crippen LogP contribution in [0.5, 0.6) is 0 Å². The predicted molar refractivity (Wildman–Crippen MR) is 70.6 cm³/mol. The zero-order chi connectivity index (χ0) is 9.28. The van der Waals surface area contributed by atoms with Crippen molar-refractivity contribution < 1.29 is 9.53 Å². The second kappa shape index (κ2) is 4.25. The molecule has 0 rings (SSSR count). The summed E-state index contributed by atoms with van der Waals surface area (Å²) in [5, 5.41) is 0. The first-order valence-corrected chi connectivity index (χ1v) is 6.17. The lowest BCUT2D eigenvalue weighted by atomic mass is 10.2. The zero-order valence-corrected chi connectivity index (χ0v) is 12.9. The molecule has 0 amide bonds. The van der Waals surface area contributed by atoms with Gasteiger partial charge < -0.3 is 4.74 Å². The van der Waals surface area contributed by atoms with E-state index in [9.17, 15) is 4.79 Å². The number of rotatable bonds is 1. The molecule has 2 nitrogen and oxygen atoms in total. The van der Waals surface area contributed by atoms with Crippen molar-refractivity contribution in [2.45, 2.75) is 25.8 Å². The van der Waals surface area contributed by atoms with Gasteiger partial charge in [-0.1, -0.05) is 0 Å². The summed E-state index contributed by atoms with van der Waals surface area (Å²) in [6.07, 6.45) is 0. The summed E-state index contributed by atoms with van der Waals surface area (Å²) in [7, 11) is 0. The van der Waals surface area contributed by atoms with Crippen LogP contribution in [0, 0.1) is 0 Å². The molecule has 0 spiro atoms. The van der Waals surface area contributed by atoms with Crippen LogP contribution in [0.25, 0.3) is 0 Å². The van der Waals surface area contributed by atoms with Crippen LogP contribution in [-0.2, 0) is 9.53 Å². The quantitative estimate of drug-likeness (QED) is 0.318. The molecule has 0 N–H and O–H groups in total. The van der Waals surface area contributed by atoms with E-state index in [0.29, 0.717) is 0 Å². The summed E-state index contributed by atoms with van der Waals surface area (Å²) in [4.78, 5) is 11.2. The Morgan fingerprint density at radius 3 is 1.64 bits per heavy atom. The predicted octanol–water partition coefficient (Wildman–Crippen LogP) is 3.29. The fourth-order valence-electron chi connectivity index (χ4n) is 0.336. The maximum atomic E-state index is 11.2. The second-order valence-electron chi connectivity index (χ2n) is 3.00. The van der Waals surface area contributed by atoms with Gasteiger partial charge in [-0.2, -0.15) is 0 Å². The standard InChI is InChI=1S/C6H9I3O2/c1-5(2,3)11-4(10)6(7,8)9/h1-3H3. The van der Waals surface area contributed by atoms with Crippen molar-refractivity contribution in [3.8, 4) is 0 Å². The van der Waals surface area contributed by atoms with E-state index in [4.69, 9.17) is 4.74 Å². The van der Waals surface area contributed by atoms with E-state index in [1.54, 1.807) is 0 Å². The van der Waals surface area contributed by atoms with Gasteiger partial charge in [-0.05, 0) is 88.5 Å². The smallest absolute Gasteiger partial charge is 0.342 e. The Morgan fingerprint density at radius 2 is 1.55 bits per heavy atom. The van der Waals surface area contributed by atoms with Crippen LogP contribution < -0.4 is 0 Å². The van der Waals surface area contributed by atoms with E-state index < -0.39 is -0.565 Å². The fraction of sp³-hybridized carbons (Fsp3) is 0.833. The van der Waals surface area contributed by atoms with E-state index in [1.807, 2.05) is 88.5 Å². The molecule has 0 aliphatic carbocycles. The zero-order valence-electron chi connectivity index (χ0n) is 6.45. The number of alkyl halides is 3. The van der Waals surface area contributed by atoms with Gasteiger partial charge in [0, 0.05) is 0 Å². The Balaban J connectivity index is 4.11. The van der Waals surface area contributed by atoms with Crippen molar-refractivity contribution in [3.05, 3.63) is 0 Å². The third-order valence-corrected chi connectivity index (χ3v) is 1.95. The SMILES string of the molecule is CC(C)(C)OC(=O)C(I)(I)I. The molecule has 0 unspecified atom stereocenters. The first-order chi connectivity index (χ1) is 4.63. The maximum absolute atomic E-state index is 11.2. The molecule has 0 saturated carbocycles. The van der Waals surface area contributed by atoms with Crippen molar-refractivity contribution in [2.24, 2.45) is 0 Å². The normalized spacial score (nSPS) is 12.9. The number of carbonyl (C=O) groups is 1. The topological polar surface area (TPSA) is 26.3 Å². The number of ether oxygens (including phenoxy) is 1. The minimum atomic E-state index is -0.486. The largest absolute Gasteiger partial charge is 0.458 e. The average molecular weight is 494 g/mol. The summed E-state index contributed by atoms with van der Waals surface area (Å²) in [5.41, 5.74) is -0.385. The Morgan fingerprint density at radius 1 is 1.18 bits per heavy atom. The molecule has 0 aliphatic rings. The summed E-state index contributed by atoms with van der Waals surface area (Å²) < 4.78 is 4.66. The van der Waals surface area contributed by atoms with Crippen molar-refractivity contribution in [1.29, 1.82) is 0 Å². The van der Waals surface area contributed by atoms with Crippen molar-refractivity contribution in [1.82, 2.24) is 0 Å². The molecule has 0 heterocycles. The minimum absolute atomic E-state index is 0.188. The maximum Gasteiger partial charge on any atom is 0.342 e. The van der Waals surface area contributed by atoms with Crippen LogP contribution in [0.1, 0.15) is 20.8 Å². The molecule has 11 heavy (non-hydrogen) atoms. The molecule has 0 aliphatic heterocycles.